The van der Waals surface area contributed by atoms with Crippen LogP contribution in [-0.2, 0) is 11.2 Å². The summed E-state index contributed by atoms with van der Waals surface area (Å²) in [6.45, 7) is 6.31. The number of amides is 1. The minimum atomic E-state index is -0.164. The number of nitrogens with zero attached hydrogens (tertiary/aromatic N) is 2. The number of hydrogen-bond donors (Lipinski definition) is 1. The molecule has 0 aliphatic heterocycles. The predicted molar refractivity (Wildman–Crippen MR) is 133 cm³/mol. The van der Waals surface area contributed by atoms with E-state index >= 15 is 0 Å². The van der Waals surface area contributed by atoms with Crippen LogP contribution in [0.2, 0.25) is 0 Å². The lowest BCUT2D eigenvalue weighted by Gasteiger charge is -2.05. The summed E-state index contributed by atoms with van der Waals surface area (Å²) < 4.78 is 2.02. The molecule has 4 aromatic rings. The maximum Gasteiger partial charge on any atom is 0.248 e. The summed E-state index contributed by atoms with van der Waals surface area (Å²) in [5, 5.41) is 2.96. The van der Waals surface area contributed by atoms with Gasteiger partial charge in [-0.3, -0.25) is 9.20 Å². The molecule has 0 aliphatic carbocycles. The molecule has 162 valence electrons. The Morgan fingerprint density at radius 2 is 1.75 bits per heavy atom. The number of aromatic nitrogens is 2. The molecular weight excluding hydrogens is 394 g/mol. The fourth-order valence-electron chi connectivity index (χ4n) is 3.72. The van der Waals surface area contributed by atoms with Crippen LogP contribution in [0.4, 0.5) is 5.69 Å². The number of rotatable bonds is 7. The van der Waals surface area contributed by atoms with Crippen LogP contribution in [0.5, 0.6) is 0 Å². The first-order valence-electron chi connectivity index (χ1n) is 11.2. The third kappa shape index (κ3) is 4.97. The van der Waals surface area contributed by atoms with Gasteiger partial charge >= 0.3 is 0 Å². The van der Waals surface area contributed by atoms with Gasteiger partial charge in [0, 0.05) is 23.5 Å². The monoisotopic (exact) mass is 423 g/mol. The van der Waals surface area contributed by atoms with Gasteiger partial charge < -0.3 is 5.32 Å². The molecule has 2 aromatic carbocycles. The molecule has 2 aromatic heterocycles. The summed E-state index contributed by atoms with van der Waals surface area (Å²) in [6.07, 6.45) is 8.84. The number of aryl methyl sites for hydroxylation is 3. The Morgan fingerprint density at radius 3 is 2.47 bits per heavy atom. The van der Waals surface area contributed by atoms with E-state index in [1.807, 2.05) is 34.9 Å². The summed E-state index contributed by atoms with van der Waals surface area (Å²) in [5.41, 5.74) is 8.08. The van der Waals surface area contributed by atoms with Crippen molar-refractivity contribution in [3.8, 4) is 11.3 Å². The van der Waals surface area contributed by atoms with Gasteiger partial charge in [0.2, 0.25) is 5.91 Å². The van der Waals surface area contributed by atoms with Crippen molar-refractivity contribution in [3.05, 3.63) is 95.3 Å². The molecule has 4 rings (SSSR count). The number of nitrogens with one attached hydrogen (secondary N) is 1. The van der Waals surface area contributed by atoms with E-state index in [4.69, 9.17) is 4.98 Å². The van der Waals surface area contributed by atoms with Crippen molar-refractivity contribution < 1.29 is 4.79 Å². The van der Waals surface area contributed by atoms with Crippen molar-refractivity contribution in [3.63, 3.8) is 0 Å². The maximum atomic E-state index is 12.6. The highest BCUT2D eigenvalue weighted by atomic mass is 16.1. The number of fused-ring (bicyclic) bond motifs is 1. The van der Waals surface area contributed by atoms with Crippen LogP contribution in [0.3, 0.4) is 0 Å². The standard InChI is InChI=1S/C28H29N3O/c1-4-5-6-22-9-13-24(14-10-22)29-27(32)16-15-25-28(23-11-7-20(2)8-12-23)30-26-19-21(3)17-18-31(25)26/h7-19H,4-6H2,1-3H3,(H,29,32)/b16-15+. The fraction of sp³-hybridized carbons (Fsp3) is 0.214. The lowest BCUT2D eigenvalue weighted by Crippen LogP contribution is -2.07. The van der Waals surface area contributed by atoms with E-state index < -0.39 is 0 Å². The Bertz CT molecular complexity index is 1250. The number of imidazole rings is 1. The van der Waals surface area contributed by atoms with Crippen molar-refractivity contribution in [2.24, 2.45) is 0 Å². The van der Waals surface area contributed by atoms with Gasteiger partial charge in [-0.15, -0.1) is 0 Å². The highest BCUT2D eigenvalue weighted by Crippen LogP contribution is 2.26. The highest BCUT2D eigenvalue weighted by molar-refractivity contribution is 6.02. The second-order valence-electron chi connectivity index (χ2n) is 8.27. The molecule has 0 saturated heterocycles. The number of anilines is 1. The number of unbranched alkanes of at least 4 members (excludes halogenated alkanes) is 1. The average molecular weight is 424 g/mol. The van der Waals surface area contributed by atoms with E-state index in [0.717, 1.165) is 40.3 Å². The van der Waals surface area contributed by atoms with Crippen molar-refractivity contribution in [2.45, 2.75) is 40.0 Å². The number of benzene rings is 2. The quantitative estimate of drug-likeness (QED) is 0.340. The summed E-state index contributed by atoms with van der Waals surface area (Å²) in [6, 6.07) is 20.5. The van der Waals surface area contributed by atoms with Crippen molar-refractivity contribution in [1.29, 1.82) is 0 Å². The third-order valence-electron chi connectivity index (χ3n) is 5.58. The summed E-state index contributed by atoms with van der Waals surface area (Å²) >= 11 is 0. The molecule has 4 heteroatoms. The first-order valence-corrected chi connectivity index (χ1v) is 11.2. The van der Waals surface area contributed by atoms with E-state index in [9.17, 15) is 4.79 Å². The minimum absolute atomic E-state index is 0.164. The smallest absolute Gasteiger partial charge is 0.248 e. The van der Waals surface area contributed by atoms with Gasteiger partial charge in [-0.05, 0) is 68.2 Å². The SMILES string of the molecule is CCCCc1ccc(NC(=O)/C=C/c2c(-c3ccc(C)cc3)nc3cc(C)ccn23)cc1. The highest BCUT2D eigenvalue weighted by Gasteiger charge is 2.12. The van der Waals surface area contributed by atoms with E-state index in [-0.39, 0.29) is 5.91 Å². The first kappa shape index (κ1) is 21.6. The molecule has 4 nitrogen and oxygen atoms in total. The summed E-state index contributed by atoms with van der Waals surface area (Å²) in [5.74, 6) is -0.164. The molecule has 1 N–H and O–H groups in total. The zero-order valence-electron chi connectivity index (χ0n) is 18.9. The molecule has 0 saturated carbocycles. The van der Waals surface area contributed by atoms with Crippen LogP contribution in [0.15, 0.2) is 72.9 Å². The number of carbonyl (C=O) groups is 1. The second-order valence-corrected chi connectivity index (χ2v) is 8.27. The van der Waals surface area contributed by atoms with Crippen LogP contribution in [0.1, 0.15) is 42.1 Å². The fourth-order valence-corrected chi connectivity index (χ4v) is 3.72. The Hall–Kier alpha value is -3.66. The van der Waals surface area contributed by atoms with E-state index in [0.29, 0.717) is 0 Å². The molecule has 0 fully saturated rings. The second kappa shape index (κ2) is 9.65. The molecular formula is C28H29N3O. The number of pyridine rings is 1. The van der Waals surface area contributed by atoms with Crippen LogP contribution >= 0.6 is 0 Å². The third-order valence-corrected chi connectivity index (χ3v) is 5.58. The minimum Gasteiger partial charge on any atom is -0.323 e. The largest absolute Gasteiger partial charge is 0.323 e. The van der Waals surface area contributed by atoms with Crippen LogP contribution in [0, 0.1) is 13.8 Å². The Morgan fingerprint density at radius 1 is 1.00 bits per heavy atom. The normalized spacial score (nSPS) is 11.3. The van der Waals surface area contributed by atoms with Crippen molar-refractivity contribution in [2.75, 3.05) is 5.32 Å². The lowest BCUT2D eigenvalue weighted by atomic mass is 10.1. The van der Waals surface area contributed by atoms with E-state index in [2.05, 4.69) is 68.6 Å². The van der Waals surface area contributed by atoms with Gasteiger partial charge in [0.05, 0.1) is 11.4 Å². The topological polar surface area (TPSA) is 46.4 Å². The number of hydrogen-bond acceptors (Lipinski definition) is 2. The van der Waals surface area contributed by atoms with E-state index in [1.165, 1.54) is 24.0 Å². The molecule has 2 heterocycles. The van der Waals surface area contributed by atoms with Crippen molar-refractivity contribution >= 4 is 23.3 Å². The van der Waals surface area contributed by atoms with Crippen molar-refractivity contribution in [1.82, 2.24) is 9.38 Å². The van der Waals surface area contributed by atoms with Crippen LogP contribution < -0.4 is 5.32 Å². The van der Waals surface area contributed by atoms with E-state index in [1.54, 1.807) is 6.08 Å². The van der Waals surface area contributed by atoms with Gasteiger partial charge in [0.15, 0.2) is 0 Å². The molecule has 0 unspecified atom stereocenters. The molecule has 1 amide bonds. The summed E-state index contributed by atoms with van der Waals surface area (Å²) in [4.78, 5) is 17.5. The molecule has 0 bridgehead atoms. The van der Waals surface area contributed by atoms with Gasteiger partial charge in [0.1, 0.15) is 5.65 Å². The van der Waals surface area contributed by atoms with Gasteiger partial charge in [-0.2, -0.15) is 0 Å². The Labute approximate surface area is 189 Å². The van der Waals surface area contributed by atoms with Crippen LogP contribution in [0.25, 0.3) is 23.0 Å². The first-order chi connectivity index (χ1) is 15.5. The average Bonchev–Trinajstić information content (AvgIpc) is 3.15. The molecule has 0 spiro atoms. The van der Waals surface area contributed by atoms with Gasteiger partial charge in [-0.25, -0.2) is 4.98 Å². The molecule has 32 heavy (non-hydrogen) atoms. The van der Waals surface area contributed by atoms with Gasteiger partial charge in [-0.1, -0.05) is 55.3 Å². The Balaban J connectivity index is 1.59. The zero-order valence-corrected chi connectivity index (χ0v) is 18.9. The Kier molecular flexibility index (Phi) is 6.50. The molecule has 0 aliphatic rings. The molecule has 0 atom stereocenters. The zero-order chi connectivity index (χ0) is 22.5. The molecule has 0 radical (unpaired) electrons. The van der Waals surface area contributed by atoms with Crippen LogP contribution in [-0.4, -0.2) is 15.3 Å². The number of carbonyl (C=O) groups excluding carboxylic acids is 1. The maximum absolute atomic E-state index is 12.6. The summed E-state index contributed by atoms with van der Waals surface area (Å²) in [7, 11) is 0. The van der Waals surface area contributed by atoms with Gasteiger partial charge in [0.25, 0.3) is 0 Å². The lowest BCUT2D eigenvalue weighted by molar-refractivity contribution is -0.111. The predicted octanol–water partition coefficient (Wildman–Crippen LogP) is 6.61.